The molecule has 1 fully saturated rings. The molecule has 2 heterocycles. The molecule has 7 heteroatoms. The third kappa shape index (κ3) is 4.57. The second-order valence-electron chi connectivity index (χ2n) is 6.57. The molecule has 0 radical (unpaired) electrons. The number of hydrogen-bond donors (Lipinski definition) is 3. The van der Waals surface area contributed by atoms with Gasteiger partial charge < -0.3 is 9.67 Å². The second-order valence-corrected chi connectivity index (χ2v) is 6.57. The molecule has 7 nitrogen and oxygen atoms in total. The molecule has 1 aromatic carbocycles. The van der Waals surface area contributed by atoms with Gasteiger partial charge in [-0.05, 0) is 30.4 Å². The summed E-state index contributed by atoms with van der Waals surface area (Å²) in [5, 5.41) is 19.5. The summed E-state index contributed by atoms with van der Waals surface area (Å²) in [5.74, 6) is -0.150. The number of amides is 1. The molecule has 0 bridgehead atoms. The summed E-state index contributed by atoms with van der Waals surface area (Å²) in [7, 11) is 0. The number of aromatic nitrogens is 2. The van der Waals surface area contributed by atoms with Crippen molar-refractivity contribution in [2.24, 2.45) is 5.92 Å². The summed E-state index contributed by atoms with van der Waals surface area (Å²) in [4.78, 5) is 17.4. The van der Waals surface area contributed by atoms with Gasteiger partial charge in [-0.2, -0.15) is 0 Å². The molecule has 1 aliphatic rings. The molecule has 3 N–H and O–H groups in total. The van der Waals surface area contributed by atoms with Crippen LogP contribution in [0.2, 0.25) is 0 Å². The summed E-state index contributed by atoms with van der Waals surface area (Å²) in [5.41, 5.74) is 3.07. The Bertz CT molecular complexity index is 745. The lowest BCUT2D eigenvalue weighted by molar-refractivity contribution is -0.124. The van der Waals surface area contributed by atoms with Crippen LogP contribution in [0.25, 0.3) is 6.08 Å². The molecular weight excluding hydrogens is 332 g/mol. The first-order valence-corrected chi connectivity index (χ1v) is 8.76. The topological polar surface area (TPSA) is 90.6 Å². The van der Waals surface area contributed by atoms with Crippen molar-refractivity contribution in [3.63, 3.8) is 0 Å². The average Bonchev–Trinajstić information content (AvgIpc) is 3.19. The maximum Gasteiger partial charge on any atom is 0.267 e. The van der Waals surface area contributed by atoms with Crippen LogP contribution in [0.4, 0.5) is 0 Å². The number of nitrogens with zero attached hydrogens (tertiary/aromatic N) is 3. The van der Waals surface area contributed by atoms with E-state index in [0.29, 0.717) is 5.92 Å². The fourth-order valence-corrected chi connectivity index (χ4v) is 3.46. The number of hydroxylamine groups is 1. The zero-order valence-corrected chi connectivity index (χ0v) is 14.5. The van der Waals surface area contributed by atoms with Crippen LogP contribution in [0.1, 0.15) is 30.2 Å². The van der Waals surface area contributed by atoms with Crippen LogP contribution < -0.4 is 5.48 Å². The van der Waals surface area contributed by atoms with E-state index in [1.165, 1.54) is 6.08 Å². The van der Waals surface area contributed by atoms with E-state index in [1.807, 2.05) is 36.8 Å². The number of hydrogen-bond acceptors (Lipinski definition) is 5. The Morgan fingerprint density at radius 3 is 3.04 bits per heavy atom. The first kappa shape index (κ1) is 18.3. The Balaban J connectivity index is 1.71. The third-order valence-electron chi connectivity index (χ3n) is 4.72. The van der Waals surface area contributed by atoms with Crippen molar-refractivity contribution in [1.82, 2.24) is 19.9 Å². The number of rotatable bonds is 6. The van der Waals surface area contributed by atoms with Crippen molar-refractivity contribution in [2.45, 2.75) is 25.6 Å². The first-order valence-electron chi connectivity index (χ1n) is 8.76. The number of carbonyl (C=O) groups is 1. The molecule has 3 rings (SSSR count). The van der Waals surface area contributed by atoms with Crippen molar-refractivity contribution >= 4 is 12.0 Å². The van der Waals surface area contributed by atoms with Crippen molar-refractivity contribution in [2.75, 3.05) is 13.1 Å². The van der Waals surface area contributed by atoms with E-state index < -0.39 is 12.1 Å². The zero-order valence-electron chi connectivity index (χ0n) is 14.5. The molecule has 2 aromatic rings. The molecule has 1 saturated heterocycles. The number of imidazole rings is 1. The highest BCUT2D eigenvalue weighted by Crippen LogP contribution is 2.28. The van der Waals surface area contributed by atoms with E-state index in [-0.39, 0.29) is 0 Å². The van der Waals surface area contributed by atoms with Gasteiger partial charge in [0, 0.05) is 43.7 Å². The van der Waals surface area contributed by atoms with Gasteiger partial charge in [0.1, 0.15) is 6.23 Å². The number of benzene rings is 1. The van der Waals surface area contributed by atoms with Crippen molar-refractivity contribution < 1.29 is 15.1 Å². The van der Waals surface area contributed by atoms with Crippen molar-refractivity contribution in [3.05, 3.63) is 60.2 Å². The summed E-state index contributed by atoms with van der Waals surface area (Å²) in [6.45, 7) is 2.52. The normalized spacial score (nSPS) is 19.5. The lowest BCUT2D eigenvalue weighted by atomic mass is 9.96. The molecule has 0 aliphatic carbocycles. The third-order valence-corrected chi connectivity index (χ3v) is 4.72. The lowest BCUT2D eigenvalue weighted by Crippen LogP contribution is -2.39. The molecule has 1 aliphatic heterocycles. The quantitative estimate of drug-likeness (QED) is 0.417. The van der Waals surface area contributed by atoms with Crippen molar-refractivity contribution in [3.8, 4) is 0 Å². The standard InChI is InChI=1S/C19H24N4O3/c24-18(21-26)8-7-16-5-1-2-6-17(16)19(25)23-10-3-4-15(13-23)12-22-11-9-20-14-22/h1-2,5-9,11,14-15,19,25-26H,3-4,10,12-13H2,(H,21,24)/b8-7+/t15-,19?/m1/s1. The Morgan fingerprint density at radius 2 is 2.27 bits per heavy atom. The fourth-order valence-electron chi connectivity index (χ4n) is 3.46. The molecule has 0 spiro atoms. The zero-order chi connectivity index (χ0) is 18.4. The summed E-state index contributed by atoms with van der Waals surface area (Å²) >= 11 is 0. The summed E-state index contributed by atoms with van der Waals surface area (Å²) in [6, 6.07) is 7.42. The highest BCUT2D eigenvalue weighted by molar-refractivity contribution is 5.91. The minimum Gasteiger partial charge on any atom is -0.374 e. The van der Waals surface area contributed by atoms with Gasteiger partial charge in [-0.15, -0.1) is 0 Å². The monoisotopic (exact) mass is 356 g/mol. The van der Waals surface area contributed by atoms with Crippen LogP contribution in [0.5, 0.6) is 0 Å². The minimum absolute atomic E-state index is 0.454. The number of piperidine rings is 1. The molecule has 1 amide bonds. The Hall–Kier alpha value is -2.48. The van der Waals surface area contributed by atoms with E-state index in [2.05, 4.69) is 14.5 Å². The van der Waals surface area contributed by atoms with Gasteiger partial charge in [0.2, 0.25) is 0 Å². The Labute approximate surface area is 152 Å². The number of aliphatic hydroxyl groups is 1. The SMILES string of the molecule is O=C(/C=C/c1ccccc1C(O)N1CCC[C@H](Cn2ccnc2)C1)NO. The maximum absolute atomic E-state index is 11.2. The van der Waals surface area contributed by atoms with Crippen LogP contribution in [-0.4, -0.2) is 43.8 Å². The fraction of sp³-hybridized carbons (Fsp3) is 0.368. The van der Waals surface area contributed by atoms with Crippen LogP contribution in [0, 0.1) is 5.92 Å². The van der Waals surface area contributed by atoms with Gasteiger partial charge in [0.15, 0.2) is 0 Å². The highest BCUT2D eigenvalue weighted by Gasteiger charge is 2.26. The van der Waals surface area contributed by atoms with Crippen LogP contribution in [0.15, 0.2) is 49.1 Å². The number of nitrogens with one attached hydrogen (secondary N) is 1. The van der Waals surface area contributed by atoms with E-state index in [1.54, 1.807) is 17.8 Å². The van der Waals surface area contributed by atoms with Crippen molar-refractivity contribution in [1.29, 1.82) is 0 Å². The van der Waals surface area contributed by atoms with E-state index in [4.69, 9.17) is 5.21 Å². The van der Waals surface area contributed by atoms with Gasteiger partial charge in [-0.1, -0.05) is 24.3 Å². The largest absolute Gasteiger partial charge is 0.374 e. The van der Waals surface area contributed by atoms with Gasteiger partial charge in [-0.25, -0.2) is 10.5 Å². The smallest absolute Gasteiger partial charge is 0.267 e. The minimum atomic E-state index is -0.737. The number of carbonyl (C=O) groups excluding carboxylic acids is 1. The summed E-state index contributed by atoms with van der Waals surface area (Å²) < 4.78 is 2.07. The lowest BCUT2D eigenvalue weighted by Gasteiger charge is -2.36. The van der Waals surface area contributed by atoms with E-state index >= 15 is 0 Å². The number of likely N-dealkylation sites (tertiary alicyclic amines) is 1. The molecule has 26 heavy (non-hydrogen) atoms. The Kier molecular flexibility index (Phi) is 6.17. The maximum atomic E-state index is 11.2. The molecule has 1 unspecified atom stereocenters. The molecule has 138 valence electrons. The van der Waals surface area contributed by atoms with Gasteiger partial charge >= 0.3 is 0 Å². The number of aliphatic hydroxyl groups excluding tert-OH is 1. The van der Waals surface area contributed by atoms with Crippen LogP contribution in [0.3, 0.4) is 0 Å². The summed E-state index contributed by atoms with van der Waals surface area (Å²) in [6.07, 6.45) is 9.81. The molecule has 0 saturated carbocycles. The molecule has 2 atom stereocenters. The average molecular weight is 356 g/mol. The van der Waals surface area contributed by atoms with Gasteiger partial charge in [0.25, 0.3) is 5.91 Å². The first-order chi connectivity index (χ1) is 12.7. The second kappa shape index (κ2) is 8.75. The van der Waals surface area contributed by atoms with Gasteiger partial charge in [0.05, 0.1) is 6.33 Å². The van der Waals surface area contributed by atoms with Crippen LogP contribution >= 0.6 is 0 Å². The van der Waals surface area contributed by atoms with E-state index in [0.717, 1.165) is 43.6 Å². The van der Waals surface area contributed by atoms with Crippen LogP contribution in [-0.2, 0) is 11.3 Å². The van der Waals surface area contributed by atoms with E-state index in [9.17, 15) is 9.90 Å². The highest BCUT2D eigenvalue weighted by atomic mass is 16.5. The molecular formula is C19H24N4O3. The molecule has 1 aromatic heterocycles. The predicted octanol–water partition coefficient (Wildman–Crippen LogP) is 1.80. The predicted molar refractivity (Wildman–Crippen MR) is 96.9 cm³/mol. The van der Waals surface area contributed by atoms with Gasteiger partial charge in [-0.3, -0.25) is 14.9 Å². The Morgan fingerprint density at radius 1 is 1.42 bits per heavy atom.